The van der Waals surface area contributed by atoms with Gasteiger partial charge >= 0.3 is 0 Å². The minimum atomic E-state index is -0.0868. The molecular formula is C50H54O2S2. The summed E-state index contributed by atoms with van der Waals surface area (Å²) in [4.78, 5) is 31.9. The van der Waals surface area contributed by atoms with Crippen molar-refractivity contribution in [3.05, 3.63) is 143 Å². The number of ketones is 2. The van der Waals surface area contributed by atoms with Gasteiger partial charge in [-0.2, -0.15) is 0 Å². The van der Waals surface area contributed by atoms with E-state index in [1.165, 1.54) is 92.9 Å². The third-order valence-electron chi connectivity index (χ3n) is 11.6. The lowest BCUT2D eigenvalue weighted by Crippen LogP contribution is -2.22. The molecule has 0 atom stereocenters. The van der Waals surface area contributed by atoms with Crippen molar-refractivity contribution in [2.75, 3.05) is 0 Å². The number of hydrogen-bond donors (Lipinski definition) is 0. The van der Waals surface area contributed by atoms with Crippen molar-refractivity contribution in [3.63, 3.8) is 0 Å². The average Bonchev–Trinajstić information content (AvgIpc) is 3.19. The molecule has 2 aliphatic rings. The van der Waals surface area contributed by atoms with Crippen LogP contribution in [0.2, 0.25) is 0 Å². The van der Waals surface area contributed by atoms with E-state index < -0.39 is 0 Å². The van der Waals surface area contributed by atoms with Crippen LogP contribution in [-0.4, -0.2) is 11.6 Å². The van der Waals surface area contributed by atoms with Crippen LogP contribution in [0.4, 0.5) is 0 Å². The fraction of sp³-hybridized carbons (Fsp3) is 0.360. The van der Waals surface area contributed by atoms with Crippen LogP contribution in [0.3, 0.4) is 0 Å². The first-order chi connectivity index (χ1) is 26.2. The number of hydrogen-bond acceptors (Lipinski definition) is 4. The number of rotatable bonds is 13. The third kappa shape index (κ3) is 8.82. The molecule has 0 amide bonds. The molecule has 1 fully saturated rings. The fourth-order valence-corrected chi connectivity index (χ4v) is 10.2. The average molecular weight is 751 g/mol. The lowest BCUT2D eigenvalue weighted by Gasteiger charge is -2.29. The van der Waals surface area contributed by atoms with Gasteiger partial charge in [0, 0.05) is 41.8 Å². The van der Waals surface area contributed by atoms with Crippen molar-refractivity contribution in [2.45, 2.75) is 129 Å². The highest BCUT2D eigenvalue weighted by Crippen LogP contribution is 2.42. The van der Waals surface area contributed by atoms with E-state index in [2.05, 4.69) is 100 Å². The van der Waals surface area contributed by atoms with Gasteiger partial charge in [0.1, 0.15) is 0 Å². The molecule has 0 aliphatic heterocycles. The molecule has 0 unspecified atom stereocenters. The summed E-state index contributed by atoms with van der Waals surface area (Å²) in [6.45, 7) is 8.90. The maximum Gasteiger partial charge on any atom is 0.195 e. The first-order valence-corrected chi connectivity index (χ1v) is 21.8. The molecule has 0 saturated heterocycles. The summed E-state index contributed by atoms with van der Waals surface area (Å²) in [5.41, 5.74) is 7.20. The summed E-state index contributed by atoms with van der Waals surface area (Å²) in [7, 11) is 0. The molecule has 278 valence electrons. The predicted molar refractivity (Wildman–Crippen MR) is 228 cm³/mol. The Hall–Kier alpha value is -3.86. The van der Waals surface area contributed by atoms with Gasteiger partial charge in [0.25, 0.3) is 0 Å². The van der Waals surface area contributed by atoms with Crippen LogP contribution < -0.4 is 0 Å². The van der Waals surface area contributed by atoms with Gasteiger partial charge in [-0.1, -0.05) is 169 Å². The quantitative estimate of drug-likeness (QED) is 0.110. The van der Waals surface area contributed by atoms with Crippen molar-refractivity contribution >= 4 is 35.1 Å². The van der Waals surface area contributed by atoms with E-state index in [1.54, 1.807) is 35.7 Å². The Bertz CT molecular complexity index is 2060. The number of unbranched alkanes of at least 4 members (excludes halogenated alkanes) is 5. The van der Waals surface area contributed by atoms with Crippen LogP contribution in [0.25, 0.3) is 11.1 Å². The van der Waals surface area contributed by atoms with Gasteiger partial charge < -0.3 is 0 Å². The van der Waals surface area contributed by atoms with E-state index in [-0.39, 0.29) is 17.0 Å². The Morgan fingerprint density at radius 1 is 0.556 bits per heavy atom. The Kier molecular flexibility index (Phi) is 12.3. The van der Waals surface area contributed by atoms with E-state index in [1.807, 2.05) is 24.3 Å². The third-order valence-corrected chi connectivity index (χ3v) is 13.7. The van der Waals surface area contributed by atoms with Crippen molar-refractivity contribution in [3.8, 4) is 11.1 Å². The fourth-order valence-electron chi connectivity index (χ4n) is 8.29. The second kappa shape index (κ2) is 17.3. The van der Waals surface area contributed by atoms with Crippen LogP contribution in [0.5, 0.6) is 0 Å². The summed E-state index contributed by atoms with van der Waals surface area (Å²) in [5, 5.41) is 0. The SMILES string of the molecule is CCCCCCCCC1CCC(c2ccc(-c3ccc(Sc4cccc5c4C(=O)c4cccc(Sc6ccc(C(C)(C)C)cc6)c4C5=O)cc3)cc2)CC1. The van der Waals surface area contributed by atoms with Crippen molar-refractivity contribution in [1.82, 2.24) is 0 Å². The molecule has 0 radical (unpaired) electrons. The molecule has 54 heavy (non-hydrogen) atoms. The Morgan fingerprint density at radius 3 is 1.56 bits per heavy atom. The summed E-state index contributed by atoms with van der Waals surface area (Å²) in [6.07, 6.45) is 15.2. The Balaban J connectivity index is 0.990. The summed E-state index contributed by atoms with van der Waals surface area (Å²) in [6, 6.07) is 37.7. The molecule has 2 nitrogen and oxygen atoms in total. The van der Waals surface area contributed by atoms with Gasteiger partial charge in [-0.05, 0) is 102 Å². The monoisotopic (exact) mass is 750 g/mol. The van der Waals surface area contributed by atoms with Crippen molar-refractivity contribution < 1.29 is 9.59 Å². The molecule has 5 aromatic carbocycles. The second-order valence-electron chi connectivity index (χ2n) is 16.4. The second-order valence-corrected chi connectivity index (χ2v) is 18.6. The number of carbonyl (C=O) groups excluding carboxylic acids is 2. The van der Waals surface area contributed by atoms with Gasteiger partial charge in [0.05, 0.1) is 0 Å². The summed E-state index contributed by atoms with van der Waals surface area (Å²) in [5.74, 6) is 1.44. The smallest absolute Gasteiger partial charge is 0.195 e. The molecular weight excluding hydrogens is 697 g/mol. The molecule has 4 heteroatoms. The molecule has 1 saturated carbocycles. The first kappa shape index (κ1) is 38.4. The van der Waals surface area contributed by atoms with Crippen LogP contribution in [0.1, 0.15) is 147 Å². The van der Waals surface area contributed by atoms with Crippen LogP contribution in [-0.2, 0) is 5.41 Å². The topological polar surface area (TPSA) is 34.1 Å². The number of benzene rings is 5. The maximum absolute atomic E-state index is 14.1. The largest absolute Gasteiger partial charge is 0.289 e. The van der Waals surface area contributed by atoms with Gasteiger partial charge in [0.2, 0.25) is 0 Å². The van der Waals surface area contributed by atoms with E-state index in [4.69, 9.17) is 0 Å². The normalized spacial score (nSPS) is 17.0. The molecule has 0 aromatic heterocycles. The van der Waals surface area contributed by atoms with Gasteiger partial charge in [-0.15, -0.1) is 0 Å². The molecule has 0 N–H and O–H groups in total. The molecule has 0 spiro atoms. The first-order valence-electron chi connectivity index (χ1n) is 20.2. The number of fused-ring (bicyclic) bond motifs is 2. The van der Waals surface area contributed by atoms with E-state index in [9.17, 15) is 9.59 Å². The van der Waals surface area contributed by atoms with Gasteiger partial charge in [-0.3, -0.25) is 9.59 Å². The van der Waals surface area contributed by atoms with E-state index >= 15 is 0 Å². The minimum Gasteiger partial charge on any atom is -0.289 e. The highest BCUT2D eigenvalue weighted by Gasteiger charge is 2.34. The molecule has 5 aromatic rings. The highest BCUT2D eigenvalue weighted by atomic mass is 32.2. The molecule has 2 aliphatic carbocycles. The summed E-state index contributed by atoms with van der Waals surface area (Å²) >= 11 is 3.09. The Labute approximate surface area is 332 Å². The van der Waals surface area contributed by atoms with Gasteiger partial charge in [0.15, 0.2) is 11.6 Å². The van der Waals surface area contributed by atoms with Crippen LogP contribution >= 0.6 is 23.5 Å². The zero-order valence-electron chi connectivity index (χ0n) is 32.5. The summed E-state index contributed by atoms with van der Waals surface area (Å²) < 4.78 is 0. The zero-order chi connectivity index (χ0) is 37.7. The molecule has 0 heterocycles. The number of carbonyl (C=O) groups is 2. The predicted octanol–water partition coefficient (Wildman–Crippen LogP) is 14.8. The van der Waals surface area contributed by atoms with Crippen LogP contribution in [0, 0.1) is 5.92 Å². The van der Waals surface area contributed by atoms with Crippen LogP contribution in [0.15, 0.2) is 129 Å². The standard InChI is InChI=1S/C50H54O2S2/c1-5-6-7-8-9-10-13-34-18-20-35(21-19-34)36-22-24-37(25-23-36)38-26-30-40(31-27-38)53-44-16-11-14-42-46(44)48(51)43-15-12-17-45(47(43)49(42)52)54-41-32-28-39(29-33-41)50(2,3)4/h11-12,14-17,22-35H,5-10,13,18-21H2,1-4H3. The Morgan fingerprint density at radius 2 is 1.04 bits per heavy atom. The highest BCUT2D eigenvalue weighted by molar-refractivity contribution is 7.99. The minimum absolute atomic E-state index is 0.0661. The molecule has 0 bridgehead atoms. The van der Waals surface area contributed by atoms with E-state index in [0.29, 0.717) is 28.2 Å². The van der Waals surface area contributed by atoms with Crippen molar-refractivity contribution in [1.29, 1.82) is 0 Å². The lowest BCUT2D eigenvalue weighted by atomic mass is 9.77. The van der Waals surface area contributed by atoms with Crippen molar-refractivity contribution in [2.24, 2.45) is 5.92 Å². The maximum atomic E-state index is 14.1. The van der Waals surface area contributed by atoms with E-state index in [0.717, 1.165) is 25.5 Å². The van der Waals surface area contributed by atoms with Gasteiger partial charge in [-0.25, -0.2) is 0 Å². The molecule has 7 rings (SSSR count). The lowest BCUT2D eigenvalue weighted by molar-refractivity contribution is 0.0974. The zero-order valence-corrected chi connectivity index (χ0v) is 34.1.